The van der Waals surface area contributed by atoms with E-state index in [-0.39, 0.29) is 18.1 Å². The van der Waals surface area contributed by atoms with Crippen molar-refractivity contribution in [1.29, 1.82) is 0 Å². The van der Waals surface area contributed by atoms with Crippen LogP contribution < -0.4 is 0 Å². The van der Waals surface area contributed by atoms with Crippen LogP contribution in [0.1, 0.15) is 24.0 Å². The van der Waals surface area contributed by atoms with Crippen molar-refractivity contribution < 1.29 is 14.3 Å². The number of esters is 1. The zero-order valence-corrected chi connectivity index (χ0v) is 14.6. The van der Waals surface area contributed by atoms with Crippen molar-refractivity contribution in [2.45, 2.75) is 38.1 Å². The third-order valence-corrected chi connectivity index (χ3v) is 4.66. The van der Waals surface area contributed by atoms with Crippen LogP contribution >= 0.6 is 0 Å². The summed E-state index contributed by atoms with van der Waals surface area (Å²) in [7, 11) is 1.45. The minimum Gasteiger partial charge on any atom is -0.468 e. The molecule has 25 heavy (non-hydrogen) atoms. The van der Waals surface area contributed by atoms with Gasteiger partial charge in [0, 0.05) is 6.54 Å². The lowest BCUT2D eigenvalue weighted by atomic mass is 9.97. The number of carbonyl (C=O) groups is 1. The number of benzene rings is 2. The van der Waals surface area contributed by atoms with Gasteiger partial charge in [0.15, 0.2) is 0 Å². The Bertz CT molecular complexity index is 659. The smallest absolute Gasteiger partial charge is 0.325 e. The molecule has 0 amide bonds. The fourth-order valence-corrected chi connectivity index (χ4v) is 3.40. The molecule has 0 spiro atoms. The summed E-state index contributed by atoms with van der Waals surface area (Å²) in [6, 6.07) is 19.9. The molecular formula is C21H25NO3. The standard InChI is InChI=1S/C21H25NO3/c1-24-21(23)20-19(25-16-18-11-6-3-7-12-18)13-8-14-22(20)15-17-9-4-2-5-10-17/h2-7,9-12,19-20H,8,13-16H2,1H3/t19-,20-/m0/s1. The van der Waals surface area contributed by atoms with Gasteiger partial charge in [0.05, 0.1) is 19.8 Å². The van der Waals surface area contributed by atoms with E-state index >= 15 is 0 Å². The summed E-state index contributed by atoms with van der Waals surface area (Å²) < 4.78 is 11.2. The Labute approximate surface area is 149 Å². The monoisotopic (exact) mass is 339 g/mol. The molecule has 0 unspecified atom stereocenters. The minimum atomic E-state index is -0.359. The summed E-state index contributed by atoms with van der Waals surface area (Å²) in [6.07, 6.45) is 1.74. The third-order valence-electron chi connectivity index (χ3n) is 4.66. The molecule has 1 aliphatic rings. The molecule has 4 nitrogen and oxygen atoms in total. The molecule has 0 saturated carbocycles. The summed E-state index contributed by atoms with van der Waals surface area (Å²) in [6.45, 7) is 2.11. The zero-order chi connectivity index (χ0) is 17.5. The maximum atomic E-state index is 12.4. The lowest BCUT2D eigenvalue weighted by Gasteiger charge is -2.39. The molecule has 1 saturated heterocycles. The van der Waals surface area contributed by atoms with Crippen LogP contribution in [0.25, 0.3) is 0 Å². The van der Waals surface area contributed by atoms with Gasteiger partial charge in [-0.25, -0.2) is 0 Å². The van der Waals surface area contributed by atoms with Gasteiger partial charge >= 0.3 is 5.97 Å². The molecule has 1 heterocycles. The molecule has 2 aromatic rings. The van der Waals surface area contributed by atoms with Gasteiger partial charge < -0.3 is 9.47 Å². The molecule has 0 aliphatic carbocycles. The van der Waals surface area contributed by atoms with E-state index in [4.69, 9.17) is 9.47 Å². The molecule has 4 heteroatoms. The lowest BCUT2D eigenvalue weighted by molar-refractivity contribution is -0.158. The van der Waals surface area contributed by atoms with Gasteiger partial charge in [0.1, 0.15) is 6.04 Å². The summed E-state index contributed by atoms with van der Waals surface area (Å²) in [5.41, 5.74) is 2.31. The van der Waals surface area contributed by atoms with Gasteiger partial charge in [-0.15, -0.1) is 0 Å². The Morgan fingerprint density at radius 3 is 2.32 bits per heavy atom. The van der Waals surface area contributed by atoms with E-state index in [1.165, 1.54) is 12.7 Å². The molecule has 3 rings (SSSR count). The van der Waals surface area contributed by atoms with E-state index in [2.05, 4.69) is 17.0 Å². The average molecular weight is 339 g/mol. The number of piperidine rings is 1. The first-order valence-corrected chi connectivity index (χ1v) is 8.79. The quantitative estimate of drug-likeness (QED) is 0.756. The highest BCUT2D eigenvalue weighted by molar-refractivity contribution is 5.76. The third kappa shape index (κ3) is 4.68. The maximum absolute atomic E-state index is 12.4. The first kappa shape index (κ1) is 17.6. The number of ether oxygens (including phenoxy) is 2. The van der Waals surface area contributed by atoms with Crippen molar-refractivity contribution in [3.8, 4) is 0 Å². The molecular weight excluding hydrogens is 314 g/mol. The Balaban J connectivity index is 1.71. The highest BCUT2D eigenvalue weighted by atomic mass is 16.5. The summed E-state index contributed by atoms with van der Waals surface area (Å²) in [4.78, 5) is 14.6. The average Bonchev–Trinajstić information content (AvgIpc) is 2.67. The largest absolute Gasteiger partial charge is 0.468 e. The summed E-state index contributed by atoms with van der Waals surface area (Å²) >= 11 is 0. The van der Waals surface area contributed by atoms with Gasteiger partial charge in [-0.05, 0) is 30.5 Å². The summed E-state index contributed by atoms with van der Waals surface area (Å²) in [5, 5.41) is 0. The van der Waals surface area contributed by atoms with Crippen molar-refractivity contribution in [3.63, 3.8) is 0 Å². The number of likely N-dealkylation sites (tertiary alicyclic amines) is 1. The normalized spacial score (nSPS) is 21.0. The van der Waals surface area contributed by atoms with Crippen molar-refractivity contribution >= 4 is 5.97 Å². The number of rotatable bonds is 6. The van der Waals surface area contributed by atoms with E-state index in [1.807, 2.05) is 48.5 Å². The van der Waals surface area contributed by atoms with Crippen molar-refractivity contribution in [3.05, 3.63) is 71.8 Å². The second-order valence-electron chi connectivity index (χ2n) is 6.40. The first-order chi connectivity index (χ1) is 12.3. The van der Waals surface area contributed by atoms with Gasteiger partial charge in [-0.2, -0.15) is 0 Å². The zero-order valence-electron chi connectivity index (χ0n) is 14.6. The number of carbonyl (C=O) groups excluding carboxylic acids is 1. The Hall–Kier alpha value is -2.17. The molecule has 0 radical (unpaired) electrons. The van der Waals surface area contributed by atoms with Crippen molar-refractivity contribution in [2.24, 2.45) is 0 Å². The van der Waals surface area contributed by atoms with E-state index < -0.39 is 0 Å². The van der Waals surface area contributed by atoms with Crippen molar-refractivity contribution in [1.82, 2.24) is 4.90 Å². The van der Waals surface area contributed by atoms with Crippen LogP contribution in [0.15, 0.2) is 60.7 Å². The van der Waals surface area contributed by atoms with Crippen LogP contribution in [0, 0.1) is 0 Å². The molecule has 2 atom stereocenters. The SMILES string of the molecule is COC(=O)[C@@H]1[C@@H](OCc2ccccc2)CCCN1Cc1ccccc1. The highest BCUT2D eigenvalue weighted by Crippen LogP contribution is 2.24. The Kier molecular flexibility index (Phi) is 6.20. The number of hydrogen-bond acceptors (Lipinski definition) is 4. The van der Waals surface area contributed by atoms with Crippen LogP contribution in [-0.4, -0.2) is 36.7 Å². The molecule has 0 bridgehead atoms. The predicted octanol–water partition coefficient (Wildman–Crippen LogP) is 3.41. The van der Waals surface area contributed by atoms with Gasteiger partial charge in [-0.1, -0.05) is 60.7 Å². The fraction of sp³-hybridized carbons (Fsp3) is 0.381. The Morgan fingerprint density at radius 2 is 1.68 bits per heavy atom. The molecule has 1 fully saturated rings. The van der Waals surface area contributed by atoms with Crippen molar-refractivity contribution in [2.75, 3.05) is 13.7 Å². The summed E-state index contributed by atoms with van der Waals surface area (Å²) in [5.74, 6) is -0.214. The number of nitrogens with zero attached hydrogens (tertiary/aromatic N) is 1. The molecule has 0 N–H and O–H groups in total. The van der Waals surface area contributed by atoms with Crippen LogP contribution in [0.3, 0.4) is 0 Å². The van der Waals surface area contributed by atoms with Crippen LogP contribution in [0.4, 0.5) is 0 Å². The topological polar surface area (TPSA) is 38.8 Å². The highest BCUT2D eigenvalue weighted by Gasteiger charge is 2.38. The second kappa shape index (κ2) is 8.79. The van der Waals surface area contributed by atoms with Gasteiger partial charge in [0.2, 0.25) is 0 Å². The van der Waals surface area contributed by atoms with E-state index in [9.17, 15) is 4.79 Å². The lowest BCUT2D eigenvalue weighted by Crippen LogP contribution is -2.53. The molecule has 132 valence electrons. The van der Waals surface area contributed by atoms with Gasteiger partial charge in [0.25, 0.3) is 0 Å². The van der Waals surface area contributed by atoms with Crippen LogP contribution in [0.5, 0.6) is 0 Å². The minimum absolute atomic E-state index is 0.148. The van der Waals surface area contributed by atoms with Crippen LogP contribution in [0.2, 0.25) is 0 Å². The first-order valence-electron chi connectivity index (χ1n) is 8.79. The molecule has 0 aromatic heterocycles. The Morgan fingerprint density at radius 1 is 1.04 bits per heavy atom. The van der Waals surface area contributed by atoms with Crippen LogP contribution in [-0.2, 0) is 27.4 Å². The number of hydrogen-bond donors (Lipinski definition) is 0. The molecule has 1 aliphatic heterocycles. The van der Waals surface area contributed by atoms with Gasteiger partial charge in [-0.3, -0.25) is 9.69 Å². The van der Waals surface area contributed by atoms with E-state index in [0.717, 1.165) is 31.5 Å². The number of methoxy groups -OCH3 is 1. The van der Waals surface area contributed by atoms with E-state index in [0.29, 0.717) is 6.61 Å². The van der Waals surface area contributed by atoms with E-state index in [1.54, 1.807) is 0 Å². The maximum Gasteiger partial charge on any atom is 0.325 e. The fourth-order valence-electron chi connectivity index (χ4n) is 3.40. The second-order valence-corrected chi connectivity index (χ2v) is 6.40. The molecule has 2 aromatic carbocycles. The predicted molar refractivity (Wildman–Crippen MR) is 96.9 cm³/mol.